The predicted octanol–water partition coefficient (Wildman–Crippen LogP) is 1.24. The number of ether oxygens (including phenoxy) is 1. The zero-order chi connectivity index (χ0) is 10.7. The van der Waals surface area contributed by atoms with Crippen LogP contribution in [0.5, 0.6) is 0 Å². The second kappa shape index (κ2) is 5.28. The van der Waals surface area contributed by atoms with Gasteiger partial charge in [-0.1, -0.05) is 13.3 Å². The van der Waals surface area contributed by atoms with Crippen molar-refractivity contribution in [3.05, 3.63) is 0 Å². The van der Waals surface area contributed by atoms with Gasteiger partial charge in [-0.15, -0.1) is 0 Å². The van der Waals surface area contributed by atoms with Crippen LogP contribution in [0, 0.1) is 0 Å². The van der Waals surface area contributed by atoms with Gasteiger partial charge in [-0.2, -0.15) is 0 Å². The molecule has 3 atom stereocenters. The first-order valence-corrected chi connectivity index (χ1v) is 6.40. The lowest BCUT2D eigenvalue weighted by molar-refractivity contribution is 0.0596. The van der Waals surface area contributed by atoms with E-state index in [1.807, 2.05) is 0 Å². The third kappa shape index (κ3) is 2.71. The highest BCUT2D eigenvalue weighted by Gasteiger charge is 2.32. The lowest BCUT2D eigenvalue weighted by Crippen LogP contribution is -2.55. The molecule has 0 aromatic heterocycles. The molecule has 1 N–H and O–H groups in total. The maximum absolute atomic E-state index is 5.65. The lowest BCUT2D eigenvalue weighted by atomic mass is 10.0. The molecule has 2 fully saturated rings. The van der Waals surface area contributed by atoms with E-state index >= 15 is 0 Å². The fourth-order valence-electron chi connectivity index (χ4n) is 2.89. The van der Waals surface area contributed by atoms with Crippen LogP contribution in [0.1, 0.15) is 33.1 Å². The van der Waals surface area contributed by atoms with E-state index in [1.165, 1.54) is 32.4 Å². The predicted molar refractivity (Wildman–Crippen MR) is 62.1 cm³/mol. The summed E-state index contributed by atoms with van der Waals surface area (Å²) in [4.78, 5) is 2.63. The van der Waals surface area contributed by atoms with E-state index in [-0.39, 0.29) is 0 Å². The van der Waals surface area contributed by atoms with Gasteiger partial charge in [0.15, 0.2) is 0 Å². The Labute approximate surface area is 93.2 Å². The van der Waals surface area contributed by atoms with Gasteiger partial charge >= 0.3 is 0 Å². The molecule has 0 aliphatic carbocycles. The van der Waals surface area contributed by atoms with Gasteiger partial charge in [0.2, 0.25) is 0 Å². The van der Waals surface area contributed by atoms with Crippen molar-refractivity contribution < 1.29 is 4.74 Å². The topological polar surface area (TPSA) is 24.5 Å². The molecule has 0 amide bonds. The van der Waals surface area contributed by atoms with Crippen LogP contribution in [0.2, 0.25) is 0 Å². The van der Waals surface area contributed by atoms with Crippen LogP contribution < -0.4 is 5.32 Å². The number of nitrogens with zero attached hydrogens (tertiary/aromatic N) is 1. The van der Waals surface area contributed by atoms with Crippen LogP contribution in [0.15, 0.2) is 0 Å². The molecule has 0 radical (unpaired) electrons. The Morgan fingerprint density at radius 2 is 2.33 bits per heavy atom. The van der Waals surface area contributed by atoms with Crippen LogP contribution in [-0.2, 0) is 4.74 Å². The lowest BCUT2D eigenvalue weighted by Gasteiger charge is -2.38. The van der Waals surface area contributed by atoms with Crippen LogP contribution in [0.3, 0.4) is 0 Å². The van der Waals surface area contributed by atoms with Gasteiger partial charge in [-0.25, -0.2) is 0 Å². The third-order valence-electron chi connectivity index (χ3n) is 3.73. The molecule has 2 aliphatic heterocycles. The number of piperazine rings is 1. The molecule has 0 spiro atoms. The molecular formula is C12H24N2O. The van der Waals surface area contributed by atoms with Gasteiger partial charge in [-0.3, -0.25) is 4.90 Å². The van der Waals surface area contributed by atoms with Crippen molar-refractivity contribution >= 4 is 0 Å². The normalized spacial score (nSPS) is 38.4. The van der Waals surface area contributed by atoms with Crippen LogP contribution in [0.4, 0.5) is 0 Å². The third-order valence-corrected chi connectivity index (χ3v) is 3.73. The summed E-state index contributed by atoms with van der Waals surface area (Å²) in [5, 5.41) is 3.61. The Morgan fingerprint density at radius 1 is 1.47 bits per heavy atom. The Bertz CT molecular complexity index is 196. The summed E-state index contributed by atoms with van der Waals surface area (Å²) in [6, 6.07) is 1.38. The summed E-state index contributed by atoms with van der Waals surface area (Å²) in [6.45, 7) is 8.99. The maximum atomic E-state index is 5.65. The average molecular weight is 212 g/mol. The summed E-state index contributed by atoms with van der Waals surface area (Å²) in [5.74, 6) is 0. The fraction of sp³-hybridized carbons (Fsp3) is 1.00. The minimum atomic E-state index is 0.436. The Balaban J connectivity index is 1.86. The summed E-state index contributed by atoms with van der Waals surface area (Å²) >= 11 is 0. The van der Waals surface area contributed by atoms with Crippen LogP contribution >= 0.6 is 0 Å². The molecule has 3 unspecified atom stereocenters. The minimum absolute atomic E-state index is 0.436. The molecule has 0 saturated carbocycles. The molecular weight excluding hydrogens is 188 g/mol. The summed E-state index contributed by atoms with van der Waals surface area (Å²) < 4.78 is 5.65. The smallest absolute Gasteiger partial charge is 0.0703 e. The van der Waals surface area contributed by atoms with E-state index in [9.17, 15) is 0 Å². The molecule has 0 aromatic rings. The molecule has 0 aromatic carbocycles. The highest BCUT2D eigenvalue weighted by atomic mass is 16.5. The van der Waals surface area contributed by atoms with Crippen molar-refractivity contribution in [1.29, 1.82) is 0 Å². The molecule has 3 nitrogen and oxygen atoms in total. The average Bonchev–Trinajstić information content (AvgIpc) is 2.65. The maximum Gasteiger partial charge on any atom is 0.0703 e. The zero-order valence-corrected chi connectivity index (χ0v) is 10.0. The first-order valence-electron chi connectivity index (χ1n) is 6.40. The second-order valence-corrected chi connectivity index (χ2v) is 4.87. The van der Waals surface area contributed by atoms with Gasteiger partial charge in [0.05, 0.1) is 6.10 Å². The standard InChI is InChI=1S/C12H24N2O/c1-3-4-11-9-14(7-6-13-11)12-5-8-15-10(12)2/h10-13H,3-9H2,1-2H3. The first kappa shape index (κ1) is 11.4. The van der Waals surface area contributed by atoms with Crippen molar-refractivity contribution in [2.75, 3.05) is 26.2 Å². The summed E-state index contributed by atoms with van der Waals surface area (Å²) in [6.07, 6.45) is 4.24. The zero-order valence-electron chi connectivity index (χ0n) is 10.0. The quantitative estimate of drug-likeness (QED) is 0.762. The van der Waals surface area contributed by atoms with E-state index in [1.54, 1.807) is 0 Å². The molecule has 2 saturated heterocycles. The summed E-state index contributed by atoms with van der Waals surface area (Å²) in [5.41, 5.74) is 0. The van der Waals surface area contributed by atoms with E-state index in [0.29, 0.717) is 18.2 Å². The van der Waals surface area contributed by atoms with Gasteiger partial charge in [0, 0.05) is 38.3 Å². The van der Waals surface area contributed by atoms with Crippen LogP contribution in [-0.4, -0.2) is 49.3 Å². The van der Waals surface area contributed by atoms with Crippen LogP contribution in [0.25, 0.3) is 0 Å². The second-order valence-electron chi connectivity index (χ2n) is 4.87. The summed E-state index contributed by atoms with van der Waals surface area (Å²) in [7, 11) is 0. The number of rotatable bonds is 3. The van der Waals surface area contributed by atoms with E-state index in [4.69, 9.17) is 4.74 Å². The highest BCUT2D eigenvalue weighted by molar-refractivity contribution is 4.88. The minimum Gasteiger partial charge on any atom is -0.377 e. The molecule has 2 aliphatic rings. The van der Waals surface area contributed by atoms with Crippen molar-refractivity contribution in [1.82, 2.24) is 10.2 Å². The monoisotopic (exact) mass is 212 g/mol. The number of hydrogen-bond acceptors (Lipinski definition) is 3. The van der Waals surface area contributed by atoms with Crippen molar-refractivity contribution in [2.45, 2.75) is 51.3 Å². The highest BCUT2D eigenvalue weighted by Crippen LogP contribution is 2.21. The SMILES string of the molecule is CCCC1CN(C2CCOC2C)CCN1. The molecule has 2 heterocycles. The number of hydrogen-bond donors (Lipinski definition) is 1. The van der Waals surface area contributed by atoms with Crippen molar-refractivity contribution in [2.24, 2.45) is 0 Å². The fourth-order valence-corrected chi connectivity index (χ4v) is 2.89. The van der Waals surface area contributed by atoms with E-state index in [2.05, 4.69) is 24.1 Å². The van der Waals surface area contributed by atoms with Gasteiger partial charge in [0.1, 0.15) is 0 Å². The van der Waals surface area contributed by atoms with Gasteiger partial charge in [-0.05, 0) is 19.8 Å². The van der Waals surface area contributed by atoms with Crippen molar-refractivity contribution in [3.8, 4) is 0 Å². The Kier molecular flexibility index (Phi) is 4.00. The largest absolute Gasteiger partial charge is 0.377 e. The molecule has 2 rings (SSSR count). The van der Waals surface area contributed by atoms with E-state index in [0.717, 1.165) is 13.2 Å². The molecule has 0 bridgehead atoms. The van der Waals surface area contributed by atoms with Crippen molar-refractivity contribution in [3.63, 3.8) is 0 Å². The van der Waals surface area contributed by atoms with Gasteiger partial charge < -0.3 is 10.1 Å². The Hall–Kier alpha value is -0.120. The first-order chi connectivity index (χ1) is 7.31. The van der Waals surface area contributed by atoms with E-state index < -0.39 is 0 Å². The Morgan fingerprint density at radius 3 is 3.00 bits per heavy atom. The molecule has 15 heavy (non-hydrogen) atoms. The molecule has 3 heteroatoms. The van der Waals surface area contributed by atoms with Gasteiger partial charge in [0.25, 0.3) is 0 Å². The molecule has 88 valence electrons. The number of nitrogens with one attached hydrogen (secondary N) is 1.